The lowest BCUT2D eigenvalue weighted by Gasteiger charge is -2.25. The van der Waals surface area contributed by atoms with Gasteiger partial charge in [0.2, 0.25) is 0 Å². The molecule has 0 atom stereocenters. The molecular formula is C10H14ClNO. The van der Waals surface area contributed by atoms with E-state index in [1.165, 1.54) is 5.56 Å². The van der Waals surface area contributed by atoms with Crippen LogP contribution >= 0.6 is 12.4 Å². The molecule has 0 amide bonds. The van der Waals surface area contributed by atoms with Crippen molar-refractivity contribution in [3.05, 3.63) is 29.3 Å². The van der Waals surface area contributed by atoms with Gasteiger partial charge >= 0.3 is 0 Å². The van der Waals surface area contributed by atoms with E-state index in [4.69, 9.17) is 0 Å². The van der Waals surface area contributed by atoms with Gasteiger partial charge in [-0.1, -0.05) is 12.1 Å². The summed E-state index contributed by atoms with van der Waals surface area (Å²) in [5.41, 5.74) is 2.40. The number of nitrogens with zero attached hydrogens (tertiary/aromatic N) is 1. The van der Waals surface area contributed by atoms with Gasteiger partial charge < -0.3 is 10.0 Å². The molecule has 0 saturated heterocycles. The molecule has 2 rings (SSSR count). The molecular weight excluding hydrogens is 186 g/mol. The highest BCUT2D eigenvalue weighted by Gasteiger charge is 2.15. The lowest BCUT2D eigenvalue weighted by atomic mass is 9.99. The number of benzene rings is 1. The molecule has 0 saturated carbocycles. The Morgan fingerprint density at radius 1 is 1.38 bits per heavy atom. The van der Waals surface area contributed by atoms with Crippen LogP contribution < -0.4 is 0 Å². The third-order valence-corrected chi connectivity index (χ3v) is 2.44. The molecule has 0 aromatic heterocycles. The second kappa shape index (κ2) is 3.99. The highest BCUT2D eigenvalue weighted by Crippen LogP contribution is 2.25. The number of phenolic OH excluding ortho intramolecular Hbond substituents is 1. The van der Waals surface area contributed by atoms with E-state index in [1.54, 1.807) is 6.07 Å². The van der Waals surface area contributed by atoms with Gasteiger partial charge in [-0.2, -0.15) is 0 Å². The van der Waals surface area contributed by atoms with Crippen LogP contribution in [0.1, 0.15) is 11.1 Å². The van der Waals surface area contributed by atoms with Gasteiger partial charge in [0.15, 0.2) is 0 Å². The van der Waals surface area contributed by atoms with Crippen LogP contribution in [0.15, 0.2) is 18.2 Å². The average Bonchev–Trinajstić information content (AvgIpc) is 2.07. The molecule has 2 nitrogen and oxygen atoms in total. The minimum atomic E-state index is 0. The summed E-state index contributed by atoms with van der Waals surface area (Å²) in [6.07, 6.45) is 1.06. The Morgan fingerprint density at radius 3 is 2.92 bits per heavy atom. The van der Waals surface area contributed by atoms with Crippen LogP contribution in [0.25, 0.3) is 0 Å². The SMILES string of the molecule is CN1CCc2cccc(O)c2C1.Cl. The van der Waals surface area contributed by atoms with Crippen LogP contribution in [0.3, 0.4) is 0 Å². The summed E-state index contributed by atoms with van der Waals surface area (Å²) in [6.45, 7) is 1.97. The van der Waals surface area contributed by atoms with Crippen molar-refractivity contribution in [3.63, 3.8) is 0 Å². The maximum Gasteiger partial charge on any atom is 0.120 e. The zero-order valence-electron chi connectivity index (χ0n) is 7.66. The minimum Gasteiger partial charge on any atom is -0.508 e. The largest absolute Gasteiger partial charge is 0.508 e. The fourth-order valence-corrected chi connectivity index (χ4v) is 1.70. The molecule has 0 bridgehead atoms. The summed E-state index contributed by atoms with van der Waals surface area (Å²) >= 11 is 0. The van der Waals surface area contributed by atoms with Crippen LogP contribution in [0.4, 0.5) is 0 Å². The fourth-order valence-electron chi connectivity index (χ4n) is 1.70. The van der Waals surface area contributed by atoms with Gasteiger partial charge in [-0.25, -0.2) is 0 Å². The molecule has 0 aliphatic carbocycles. The normalized spacial score (nSPS) is 16.1. The smallest absolute Gasteiger partial charge is 0.120 e. The molecule has 0 radical (unpaired) electrons. The molecule has 0 fully saturated rings. The average molecular weight is 200 g/mol. The Morgan fingerprint density at radius 2 is 2.15 bits per heavy atom. The van der Waals surface area contributed by atoms with Crippen molar-refractivity contribution in [2.75, 3.05) is 13.6 Å². The van der Waals surface area contributed by atoms with Gasteiger partial charge in [0.05, 0.1) is 0 Å². The van der Waals surface area contributed by atoms with Crippen molar-refractivity contribution in [3.8, 4) is 5.75 Å². The predicted octanol–water partition coefficient (Wildman–Crippen LogP) is 1.80. The number of hydrogen-bond donors (Lipinski definition) is 1. The molecule has 0 spiro atoms. The first-order chi connectivity index (χ1) is 5.77. The maximum absolute atomic E-state index is 9.55. The van der Waals surface area contributed by atoms with Crippen LogP contribution in [-0.2, 0) is 13.0 Å². The monoisotopic (exact) mass is 199 g/mol. The Kier molecular flexibility index (Phi) is 3.17. The van der Waals surface area contributed by atoms with Crippen molar-refractivity contribution in [2.24, 2.45) is 0 Å². The summed E-state index contributed by atoms with van der Waals surface area (Å²) in [5, 5.41) is 9.55. The fraction of sp³-hybridized carbons (Fsp3) is 0.400. The first-order valence-corrected chi connectivity index (χ1v) is 4.25. The number of phenols is 1. The molecule has 13 heavy (non-hydrogen) atoms. The molecule has 1 aliphatic heterocycles. The Bertz CT molecular complexity index is 301. The highest BCUT2D eigenvalue weighted by atomic mass is 35.5. The molecule has 1 aliphatic rings. The number of hydrogen-bond acceptors (Lipinski definition) is 2. The number of rotatable bonds is 0. The van der Waals surface area contributed by atoms with Crippen LogP contribution in [0, 0.1) is 0 Å². The minimum absolute atomic E-state index is 0. The van der Waals surface area contributed by atoms with E-state index < -0.39 is 0 Å². The lowest BCUT2D eigenvalue weighted by molar-refractivity contribution is 0.305. The third-order valence-electron chi connectivity index (χ3n) is 2.44. The van der Waals surface area contributed by atoms with Gasteiger partial charge in [-0.15, -0.1) is 12.4 Å². The van der Waals surface area contributed by atoms with Crippen molar-refractivity contribution in [1.29, 1.82) is 0 Å². The second-order valence-corrected chi connectivity index (χ2v) is 3.40. The first-order valence-electron chi connectivity index (χ1n) is 4.25. The molecule has 3 heteroatoms. The van der Waals surface area contributed by atoms with Crippen molar-refractivity contribution < 1.29 is 5.11 Å². The summed E-state index contributed by atoms with van der Waals surface area (Å²) in [5.74, 6) is 0.444. The summed E-state index contributed by atoms with van der Waals surface area (Å²) in [4.78, 5) is 2.22. The van der Waals surface area contributed by atoms with E-state index in [2.05, 4.69) is 18.0 Å². The van der Waals surface area contributed by atoms with Gasteiger partial charge in [-0.05, 0) is 25.1 Å². The maximum atomic E-state index is 9.55. The van der Waals surface area contributed by atoms with Crippen LogP contribution in [0.5, 0.6) is 5.75 Å². The second-order valence-electron chi connectivity index (χ2n) is 3.40. The predicted molar refractivity (Wildman–Crippen MR) is 55.4 cm³/mol. The van der Waals surface area contributed by atoms with Gasteiger partial charge in [-0.3, -0.25) is 0 Å². The van der Waals surface area contributed by atoms with E-state index in [-0.39, 0.29) is 12.4 Å². The summed E-state index contributed by atoms with van der Waals surface area (Å²) in [7, 11) is 2.08. The highest BCUT2D eigenvalue weighted by molar-refractivity contribution is 5.85. The molecule has 1 N–H and O–H groups in total. The molecule has 1 heterocycles. The zero-order chi connectivity index (χ0) is 8.55. The Balaban J connectivity index is 0.000000845. The number of likely N-dealkylation sites (N-methyl/N-ethyl adjacent to an activating group) is 1. The standard InChI is InChI=1S/C10H13NO.ClH/c1-11-6-5-8-3-2-4-10(12)9(8)7-11;/h2-4,12H,5-7H2,1H3;1H. The summed E-state index contributed by atoms with van der Waals surface area (Å²) < 4.78 is 0. The van der Waals surface area contributed by atoms with E-state index in [9.17, 15) is 5.11 Å². The molecule has 1 aromatic carbocycles. The van der Waals surface area contributed by atoms with Gasteiger partial charge in [0, 0.05) is 18.7 Å². The van der Waals surface area contributed by atoms with E-state index in [0.29, 0.717) is 5.75 Å². The Hall–Kier alpha value is -0.730. The van der Waals surface area contributed by atoms with E-state index in [0.717, 1.165) is 25.1 Å². The van der Waals surface area contributed by atoms with Crippen molar-refractivity contribution in [1.82, 2.24) is 4.90 Å². The quantitative estimate of drug-likeness (QED) is 0.689. The Labute approximate surface area is 84.6 Å². The number of fused-ring (bicyclic) bond motifs is 1. The summed E-state index contributed by atoms with van der Waals surface area (Å²) in [6, 6.07) is 5.78. The van der Waals surface area contributed by atoms with Gasteiger partial charge in [0.1, 0.15) is 5.75 Å². The van der Waals surface area contributed by atoms with E-state index in [1.807, 2.05) is 6.07 Å². The van der Waals surface area contributed by atoms with Crippen molar-refractivity contribution >= 4 is 12.4 Å². The van der Waals surface area contributed by atoms with E-state index >= 15 is 0 Å². The lowest BCUT2D eigenvalue weighted by Crippen LogP contribution is -2.26. The number of halogens is 1. The number of aromatic hydroxyl groups is 1. The van der Waals surface area contributed by atoms with Crippen molar-refractivity contribution in [2.45, 2.75) is 13.0 Å². The van der Waals surface area contributed by atoms with Crippen LogP contribution in [-0.4, -0.2) is 23.6 Å². The molecule has 72 valence electrons. The van der Waals surface area contributed by atoms with Crippen LogP contribution in [0.2, 0.25) is 0 Å². The van der Waals surface area contributed by atoms with Gasteiger partial charge in [0.25, 0.3) is 0 Å². The topological polar surface area (TPSA) is 23.5 Å². The first kappa shape index (κ1) is 10.4. The molecule has 1 aromatic rings. The zero-order valence-corrected chi connectivity index (χ0v) is 8.47. The third kappa shape index (κ3) is 1.95. The molecule has 0 unspecified atom stereocenters.